The lowest BCUT2D eigenvalue weighted by Crippen LogP contribution is -2.47. The highest BCUT2D eigenvalue weighted by Crippen LogP contribution is 2.39. The van der Waals surface area contributed by atoms with Gasteiger partial charge in [0.2, 0.25) is 5.91 Å². The van der Waals surface area contributed by atoms with Gasteiger partial charge in [-0.05, 0) is 54.7 Å². The van der Waals surface area contributed by atoms with Crippen molar-refractivity contribution in [2.24, 2.45) is 0 Å². The number of carbonyl (C=O) groups excluding carboxylic acids is 3. The summed E-state index contributed by atoms with van der Waals surface area (Å²) >= 11 is 0. The van der Waals surface area contributed by atoms with Crippen LogP contribution in [0.2, 0.25) is 0 Å². The van der Waals surface area contributed by atoms with Gasteiger partial charge < -0.3 is 15.4 Å². The van der Waals surface area contributed by atoms with E-state index in [1.54, 1.807) is 12.1 Å². The van der Waals surface area contributed by atoms with Gasteiger partial charge in [0.05, 0.1) is 0 Å². The molecular weight excluding hydrogens is 415 g/mol. The standard InChI is InChI=1S/C21H18F3N3O4/c22-21(23,24)31-15-9-7-14(8-10-15)25-17(28)12-27-18(29)20(26-19(27)30)11-3-5-13-4-1-2-6-16(13)20/h1-2,4,6-10H,3,5,11-12H2,(H,25,28)(H,26,30)/t20-/m1/s1. The number of hydrogen-bond donors (Lipinski definition) is 2. The van der Waals surface area contributed by atoms with E-state index in [9.17, 15) is 27.6 Å². The molecule has 2 aromatic rings. The Morgan fingerprint density at radius 3 is 2.55 bits per heavy atom. The molecule has 1 atom stereocenters. The van der Waals surface area contributed by atoms with Crippen molar-refractivity contribution in [1.82, 2.24) is 10.2 Å². The van der Waals surface area contributed by atoms with Gasteiger partial charge in [0.15, 0.2) is 0 Å². The molecule has 10 heteroatoms. The summed E-state index contributed by atoms with van der Waals surface area (Å²) in [6.45, 7) is -0.518. The Bertz CT molecular complexity index is 1040. The van der Waals surface area contributed by atoms with Gasteiger partial charge >= 0.3 is 12.4 Å². The Hall–Kier alpha value is -3.56. The van der Waals surface area contributed by atoms with Crippen molar-refractivity contribution in [2.75, 3.05) is 11.9 Å². The minimum absolute atomic E-state index is 0.198. The highest BCUT2D eigenvalue weighted by molar-refractivity contribution is 6.10. The lowest BCUT2D eigenvalue weighted by atomic mass is 9.76. The summed E-state index contributed by atoms with van der Waals surface area (Å²) in [5.41, 5.74) is 0.741. The Kier molecular flexibility index (Phi) is 5.08. The lowest BCUT2D eigenvalue weighted by molar-refractivity contribution is -0.274. The fraction of sp³-hybridized carbons (Fsp3) is 0.286. The first-order valence-corrected chi connectivity index (χ1v) is 9.56. The molecule has 2 aromatic carbocycles. The van der Waals surface area contributed by atoms with Crippen molar-refractivity contribution in [3.05, 3.63) is 59.7 Å². The van der Waals surface area contributed by atoms with Crippen LogP contribution in [0.5, 0.6) is 5.75 Å². The monoisotopic (exact) mass is 433 g/mol. The topological polar surface area (TPSA) is 87.7 Å². The second-order valence-corrected chi connectivity index (χ2v) is 7.36. The number of amides is 4. The fourth-order valence-electron chi connectivity index (χ4n) is 4.04. The molecule has 1 aliphatic carbocycles. The van der Waals surface area contributed by atoms with Crippen molar-refractivity contribution in [1.29, 1.82) is 0 Å². The molecule has 1 fully saturated rings. The molecule has 0 aromatic heterocycles. The third-order valence-electron chi connectivity index (χ3n) is 5.32. The van der Waals surface area contributed by atoms with Crippen LogP contribution in [-0.4, -0.2) is 35.7 Å². The Balaban J connectivity index is 1.45. The van der Waals surface area contributed by atoms with E-state index in [0.29, 0.717) is 6.42 Å². The first-order chi connectivity index (χ1) is 14.7. The zero-order valence-corrected chi connectivity index (χ0v) is 16.2. The van der Waals surface area contributed by atoms with Crippen LogP contribution < -0.4 is 15.4 Å². The smallest absolute Gasteiger partial charge is 0.406 e. The summed E-state index contributed by atoms with van der Waals surface area (Å²) in [6, 6.07) is 11.3. The number of nitrogens with one attached hydrogen (secondary N) is 2. The number of ether oxygens (including phenoxy) is 1. The molecule has 1 saturated heterocycles. The first-order valence-electron chi connectivity index (χ1n) is 9.56. The number of benzene rings is 2. The molecule has 1 heterocycles. The number of aryl methyl sites for hydroxylation is 1. The van der Waals surface area contributed by atoms with Crippen LogP contribution in [0.1, 0.15) is 24.0 Å². The van der Waals surface area contributed by atoms with E-state index >= 15 is 0 Å². The van der Waals surface area contributed by atoms with E-state index in [-0.39, 0.29) is 5.69 Å². The molecule has 0 unspecified atom stereocenters. The van der Waals surface area contributed by atoms with Crippen molar-refractivity contribution < 1.29 is 32.3 Å². The fourth-order valence-corrected chi connectivity index (χ4v) is 4.04. The van der Waals surface area contributed by atoms with E-state index in [1.807, 2.05) is 12.1 Å². The SMILES string of the molecule is O=C(CN1C(=O)N[C@@]2(CCCc3ccccc32)C1=O)Nc1ccc(OC(F)(F)F)cc1. The number of carbonyl (C=O) groups is 3. The summed E-state index contributed by atoms with van der Waals surface area (Å²) in [4.78, 5) is 38.9. The molecule has 4 rings (SSSR count). The quantitative estimate of drug-likeness (QED) is 0.725. The summed E-state index contributed by atoms with van der Waals surface area (Å²) < 4.78 is 40.5. The van der Waals surface area contributed by atoms with Crippen molar-refractivity contribution in [2.45, 2.75) is 31.2 Å². The van der Waals surface area contributed by atoms with E-state index in [4.69, 9.17) is 0 Å². The number of rotatable bonds is 4. The minimum Gasteiger partial charge on any atom is -0.406 e. The number of anilines is 1. The summed E-state index contributed by atoms with van der Waals surface area (Å²) in [7, 11) is 0. The third-order valence-corrected chi connectivity index (χ3v) is 5.32. The van der Waals surface area contributed by atoms with Crippen LogP contribution in [0, 0.1) is 0 Å². The molecule has 2 N–H and O–H groups in total. The normalized spacial score (nSPS) is 20.4. The maximum absolute atomic E-state index is 13.2. The van der Waals surface area contributed by atoms with Crippen LogP contribution in [0.3, 0.4) is 0 Å². The first kappa shape index (κ1) is 20.7. The molecule has 0 bridgehead atoms. The van der Waals surface area contributed by atoms with E-state index < -0.39 is 42.0 Å². The third kappa shape index (κ3) is 4.05. The van der Waals surface area contributed by atoms with Gasteiger partial charge in [-0.15, -0.1) is 13.2 Å². The number of imide groups is 1. The maximum atomic E-state index is 13.2. The highest BCUT2D eigenvalue weighted by atomic mass is 19.4. The average Bonchev–Trinajstić information content (AvgIpc) is 2.93. The summed E-state index contributed by atoms with van der Waals surface area (Å²) in [5, 5.41) is 5.22. The van der Waals surface area contributed by atoms with E-state index in [1.165, 1.54) is 12.1 Å². The molecule has 7 nitrogen and oxygen atoms in total. The predicted molar refractivity (Wildman–Crippen MR) is 103 cm³/mol. The van der Waals surface area contributed by atoms with Gasteiger partial charge in [-0.25, -0.2) is 4.79 Å². The molecule has 4 amide bonds. The minimum atomic E-state index is -4.82. The van der Waals surface area contributed by atoms with Gasteiger partial charge in [-0.3, -0.25) is 14.5 Å². The Labute approximate surface area is 175 Å². The van der Waals surface area contributed by atoms with Gasteiger partial charge in [-0.2, -0.15) is 0 Å². The van der Waals surface area contributed by atoms with Crippen molar-refractivity contribution in [3.8, 4) is 5.75 Å². The van der Waals surface area contributed by atoms with Gasteiger partial charge in [0, 0.05) is 5.69 Å². The van der Waals surface area contributed by atoms with Crippen LogP contribution in [0.25, 0.3) is 0 Å². The lowest BCUT2D eigenvalue weighted by Gasteiger charge is -2.33. The van der Waals surface area contributed by atoms with Crippen LogP contribution in [0.4, 0.5) is 23.7 Å². The van der Waals surface area contributed by atoms with Crippen molar-refractivity contribution in [3.63, 3.8) is 0 Å². The molecule has 31 heavy (non-hydrogen) atoms. The maximum Gasteiger partial charge on any atom is 0.573 e. The zero-order chi connectivity index (χ0) is 22.2. The number of fused-ring (bicyclic) bond motifs is 2. The Morgan fingerprint density at radius 2 is 1.84 bits per heavy atom. The number of nitrogens with zero attached hydrogens (tertiary/aromatic N) is 1. The number of alkyl halides is 3. The van der Waals surface area contributed by atoms with Gasteiger partial charge in [0.25, 0.3) is 5.91 Å². The second kappa shape index (κ2) is 7.60. The van der Waals surface area contributed by atoms with E-state index in [2.05, 4.69) is 15.4 Å². The second-order valence-electron chi connectivity index (χ2n) is 7.36. The van der Waals surface area contributed by atoms with E-state index in [0.717, 1.165) is 41.0 Å². The van der Waals surface area contributed by atoms with Crippen LogP contribution >= 0.6 is 0 Å². The molecular formula is C21H18F3N3O4. The van der Waals surface area contributed by atoms with Crippen LogP contribution in [0.15, 0.2) is 48.5 Å². The molecule has 1 spiro atoms. The van der Waals surface area contributed by atoms with Gasteiger partial charge in [-0.1, -0.05) is 24.3 Å². The average molecular weight is 433 g/mol. The molecule has 0 saturated carbocycles. The van der Waals surface area contributed by atoms with Crippen molar-refractivity contribution >= 4 is 23.5 Å². The largest absolute Gasteiger partial charge is 0.573 e. The number of hydrogen-bond acceptors (Lipinski definition) is 4. The molecule has 0 radical (unpaired) electrons. The molecule has 162 valence electrons. The predicted octanol–water partition coefficient (Wildman–Crippen LogP) is 3.31. The highest BCUT2D eigenvalue weighted by Gasteiger charge is 2.54. The molecule has 1 aliphatic heterocycles. The Morgan fingerprint density at radius 1 is 1.13 bits per heavy atom. The van der Waals surface area contributed by atoms with Gasteiger partial charge in [0.1, 0.15) is 17.8 Å². The van der Waals surface area contributed by atoms with Crippen LogP contribution in [-0.2, 0) is 21.5 Å². The number of halogens is 3. The number of urea groups is 1. The summed E-state index contributed by atoms with van der Waals surface area (Å²) in [6.07, 6.45) is -2.86. The molecule has 2 aliphatic rings. The zero-order valence-electron chi connectivity index (χ0n) is 16.2. The summed E-state index contributed by atoms with van der Waals surface area (Å²) in [5.74, 6) is -1.58.